The maximum Gasteiger partial charge on any atom is 0.360 e. The number of nitrogens with zero attached hydrogens (tertiary/aromatic N) is 2. The number of benzene rings is 1. The van der Waals surface area contributed by atoms with Gasteiger partial charge in [-0.2, -0.15) is 5.10 Å². The Hall–Kier alpha value is -2.90. The van der Waals surface area contributed by atoms with Crippen molar-refractivity contribution in [3.63, 3.8) is 0 Å². The van der Waals surface area contributed by atoms with Crippen LogP contribution in [0.25, 0.3) is 0 Å². The number of rotatable bonds is 4. The van der Waals surface area contributed by atoms with Gasteiger partial charge in [0.05, 0.1) is 12.8 Å². The van der Waals surface area contributed by atoms with Gasteiger partial charge >= 0.3 is 5.97 Å². The van der Waals surface area contributed by atoms with Crippen LogP contribution in [0.15, 0.2) is 30.5 Å². The Kier molecular flexibility index (Phi) is 4.17. The summed E-state index contributed by atoms with van der Waals surface area (Å²) in [5.41, 5.74) is 5.98. The van der Waals surface area contributed by atoms with Crippen LogP contribution in [0.1, 0.15) is 10.5 Å². The molecule has 8 heteroatoms. The van der Waals surface area contributed by atoms with Gasteiger partial charge in [0.25, 0.3) is 0 Å². The number of hydrogen-bond donors (Lipinski definition) is 2. The van der Waals surface area contributed by atoms with Gasteiger partial charge in [0.1, 0.15) is 12.4 Å². The molecule has 0 aliphatic heterocycles. The molecule has 0 unspecified atom stereocenters. The molecule has 2 aromatic rings. The van der Waals surface area contributed by atoms with Gasteiger partial charge in [0, 0.05) is 11.9 Å². The molecule has 0 atom stereocenters. The number of aromatic nitrogens is 2. The predicted octanol–water partition coefficient (Wildman–Crippen LogP) is 1.03. The minimum Gasteiger partial charge on any atom is -0.464 e. The lowest BCUT2D eigenvalue weighted by Crippen LogP contribution is -2.19. The van der Waals surface area contributed by atoms with Gasteiger partial charge in [0.15, 0.2) is 5.69 Å². The lowest BCUT2D eigenvalue weighted by molar-refractivity contribution is -0.116. The number of carbonyl (C=O) groups excluding carboxylic acids is 2. The largest absolute Gasteiger partial charge is 0.464 e. The van der Waals surface area contributed by atoms with E-state index in [4.69, 9.17) is 5.73 Å². The molecule has 21 heavy (non-hydrogen) atoms. The summed E-state index contributed by atoms with van der Waals surface area (Å²) in [6.07, 6.45) is 1.34. The first-order valence-electron chi connectivity index (χ1n) is 5.96. The van der Waals surface area contributed by atoms with Crippen LogP contribution in [-0.4, -0.2) is 28.8 Å². The van der Waals surface area contributed by atoms with Crippen LogP contribution in [0.5, 0.6) is 0 Å². The van der Waals surface area contributed by atoms with Crippen LogP contribution >= 0.6 is 0 Å². The quantitative estimate of drug-likeness (QED) is 0.820. The zero-order chi connectivity index (χ0) is 15.4. The number of hydrogen-bond acceptors (Lipinski definition) is 5. The molecule has 0 aliphatic carbocycles. The van der Waals surface area contributed by atoms with E-state index in [2.05, 4.69) is 15.2 Å². The van der Waals surface area contributed by atoms with Crippen LogP contribution < -0.4 is 11.1 Å². The Bertz CT molecular complexity index is 684. The van der Waals surface area contributed by atoms with E-state index >= 15 is 0 Å². The highest BCUT2D eigenvalue weighted by Gasteiger charge is 2.16. The molecule has 0 radical (unpaired) electrons. The summed E-state index contributed by atoms with van der Waals surface area (Å²) in [5, 5.41) is 6.37. The Morgan fingerprint density at radius 2 is 2.24 bits per heavy atom. The van der Waals surface area contributed by atoms with Crippen LogP contribution in [0.3, 0.4) is 0 Å². The second-order valence-corrected chi connectivity index (χ2v) is 4.18. The molecule has 7 nitrogen and oxygen atoms in total. The van der Waals surface area contributed by atoms with Gasteiger partial charge < -0.3 is 15.8 Å². The standard InChI is InChI=1S/C13H13FN4O3/c1-21-13(20)12-10(15)6-18(17-12)7-11(19)16-9-4-2-3-8(14)5-9/h2-6H,7,15H2,1H3,(H,16,19). The van der Waals surface area contributed by atoms with E-state index in [0.29, 0.717) is 5.69 Å². The van der Waals surface area contributed by atoms with Gasteiger partial charge in [-0.05, 0) is 18.2 Å². The fourth-order valence-corrected chi connectivity index (χ4v) is 1.69. The van der Waals surface area contributed by atoms with Crippen molar-refractivity contribution in [1.82, 2.24) is 9.78 Å². The minimum absolute atomic E-state index is 0.0592. The van der Waals surface area contributed by atoms with E-state index in [9.17, 15) is 14.0 Å². The van der Waals surface area contributed by atoms with Crippen molar-refractivity contribution in [3.05, 3.63) is 42.0 Å². The van der Waals surface area contributed by atoms with Crippen molar-refractivity contribution >= 4 is 23.3 Å². The van der Waals surface area contributed by atoms with Gasteiger partial charge in [-0.3, -0.25) is 9.48 Å². The van der Waals surface area contributed by atoms with E-state index < -0.39 is 17.7 Å². The monoisotopic (exact) mass is 292 g/mol. The van der Waals surface area contributed by atoms with Crippen molar-refractivity contribution < 1.29 is 18.7 Å². The van der Waals surface area contributed by atoms with Crippen LogP contribution in [0.4, 0.5) is 15.8 Å². The minimum atomic E-state index is -0.684. The van der Waals surface area contributed by atoms with Crippen LogP contribution in [-0.2, 0) is 16.1 Å². The molecule has 0 bridgehead atoms. The molecule has 0 spiro atoms. The average Bonchev–Trinajstić information content (AvgIpc) is 2.78. The Morgan fingerprint density at radius 1 is 1.48 bits per heavy atom. The number of halogens is 1. The molecule has 1 heterocycles. The highest BCUT2D eigenvalue weighted by Crippen LogP contribution is 2.11. The second-order valence-electron chi connectivity index (χ2n) is 4.18. The summed E-state index contributed by atoms with van der Waals surface area (Å²) < 4.78 is 18.7. The predicted molar refractivity (Wildman–Crippen MR) is 73.0 cm³/mol. The summed E-state index contributed by atoms with van der Waals surface area (Å²) in [6, 6.07) is 5.49. The number of carbonyl (C=O) groups is 2. The molecule has 3 N–H and O–H groups in total. The first-order chi connectivity index (χ1) is 9.99. The van der Waals surface area contributed by atoms with Crippen molar-refractivity contribution in [2.45, 2.75) is 6.54 Å². The zero-order valence-electron chi connectivity index (χ0n) is 11.2. The topological polar surface area (TPSA) is 99.2 Å². The third-order valence-corrected chi connectivity index (χ3v) is 2.58. The van der Waals surface area contributed by atoms with E-state index in [1.807, 2.05) is 0 Å². The molecule has 0 saturated carbocycles. The molecule has 0 saturated heterocycles. The molecular formula is C13H13FN4O3. The summed E-state index contributed by atoms with van der Waals surface area (Å²) in [5.74, 6) is -1.57. The number of nitrogen functional groups attached to an aromatic ring is 1. The third kappa shape index (κ3) is 3.56. The highest BCUT2D eigenvalue weighted by molar-refractivity contribution is 5.93. The molecule has 110 valence electrons. The SMILES string of the molecule is COC(=O)c1nn(CC(=O)Nc2cccc(F)c2)cc1N. The summed E-state index contributed by atoms with van der Waals surface area (Å²) in [6.45, 7) is -0.169. The van der Waals surface area contributed by atoms with Gasteiger partial charge in [0.2, 0.25) is 5.91 Å². The fraction of sp³-hybridized carbons (Fsp3) is 0.154. The molecule has 0 aliphatic rings. The van der Waals surface area contributed by atoms with E-state index in [1.165, 1.54) is 36.2 Å². The highest BCUT2D eigenvalue weighted by atomic mass is 19.1. The van der Waals surface area contributed by atoms with Crippen LogP contribution in [0.2, 0.25) is 0 Å². The summed E-state index contributed by atoms with van der Waals surface area (Å²) in [7, 11) is 1.21. The molecule has 0 fully saturated rings. The normalized spacial score (nSPS) is 10.2. The molecule has 1 amide bonds. The smallest absolute Gasteiger partial charge is 0.360 e. The Labute approximate surface area is 119 Å². The summed E-state index contributed by atoms with van der Waals surface area (Å²) in [4.78, 5) is 23.1. The zero-order valence-corrected chi connectivity index (χ0v) is 11.2. The van der Waals surface area contributed by atoms with E-state index in [1.54, 1.807) is 6.07 Å². The lowest BCUT2D eigenvalue weighted by atomic mass is 10.3. The lowest BCUT2D eigenvalue weighted by Gasteiger charge is -2.05. The van der Waals surface area contributed by atoms with Crippen molar-refractivity contribution in [1.29, 1.82) is 0 Å². The third-order valence-electron chi connectivity index (χ3n) is 2.58. The van der Waals surface area contributed by atoms with Crippen molar-refractivity contribution in [2.24, 2.45) is 0 Å². The van der Waals surface area contributed by atoms with Gasteiger partial charge in [-0.15, -0.1) is 0 Å². The number of methoxy groups -OCH3 is 1. The first-order valence-corrected chi connectivity index (χ1v) is 5.96. The molecule has 1 aromatic carbocycles. The molecule has 2 rings (SSSR count). The fourth-order valence-electron chi connectivity index (χ4n) is 1.69. The van der Waals surface area contributed by atoms with Crippen molar-refractivity contribution in [2.75, 3.05) is 18.2 Å². The molecule has 1 aromatic heterocycles. The maximum absolute atomic E-state index is 13.0. The number of ether oxygens (including phenoxy) is 1. The number of amides is 1. The van der Waals surface area contributed by atoms with Gasteiger partial charge in [-0.1, -0.05) is 6.07 Å². The van der Waals surface area contributed by atoms with E-state index in [0.717, 1.165) is 0 Å². The first kappa shape index (κ1) is 14.5. The summed E-state index contributed by atoms with van der Waals surface area (Å²) >= 11 is 0. The van der Waals surface area contributed by atoms with Crippen molar-refractivity contribution in [3.8, 4) is 0 Å². The number of nitrogens with one attached hydrogen (secondary N) is 1. The molecular weight excluding hydrogens is 279 g/mol. The maximum atomic E-state index is 13.0. The average molecular weight is 292 g/mol. The second kappa shape index (κ2) is 6.04. The number of anilines is 2. The number of nitrogens with two attached hydrogens (primary N) is 1. The Balaban J connectivity index is 2.05. The van der Waals surface area contributed by atoms with Crippen LogP contribution in [0, 0.1) is 5.82 Å². The number of esters is 1. The van der Waals surface area contributed by atoms with E-state index in [-0.39, 0.29) is 17.9 Å². The Morgan fingerprint density at radius 3 is 2.90 bits per heavy atom. The van der Waals surface area contributed by atoms with Gasteiger partial charge in [-0.25, -0.2) is 9.18 Å².